The number of aryl methyl sites for hydroxylation is 1. The molecule has 1 aliphatic carbocycles. The van der Waals surface area contributed by atoms with E-state index in [0.29, 0.717) is 24.0 Å². The van der Waals surface area contributed by atoms with Gasteiger partial charge in [-0.2, -0.15) is 0 Å². The fourth-order valence-corrected chi connectivity index (χ4v) is 2.01. The van der Waals surface area contributed by atoms with E-state index in [1.807, 2.05) is 19.1 Å². The van der Waals surface area contributed by atoms with Crippen molar-refractivity contribution in [2.75, 3.05) is 20.3 Å². The van der Waals surface area contributed by atoms with Crippen LogP contribution >= 0.6 is 0 Å². The minimum Gasteiger partial charge on any atom is -0.493 e. The highest BCUT2D eigenvalue weighted by atomic mass is 16.5. The molecule has 0 radical (unpaired) electrons. The van der Waals surface area contributed by atoms with Gasteiger partial charge in [-0.15, -0.1) is 0 Å². The quantitative estimate of drug-likeness (QED) is 0.787. The number of nitrogens with two attached hydrogens (primary N) is 1. The lowest BCUT2D eigenvalue weighted by Crippen LogP contribution is -2.40. The number of hydrogen-bond acceptors (Lipinski definition) is 4. The van der Waals surface area contributed by atoms with Crippen molar-refractivity contribution in [1.82, 2.24) is 5.32 Å². The Labute approximate surface area is 119 Å². The van der Waals surface area contributed by atoms with Crippen LogP contribution in [0.25, 0.3) is 0 Å². The van der Waals surface area contributed by atoms with E-state index >= 15 is 0 Å². The average Bonchev–Trinajstić information content (AvgIpc) is 3.27. The summed E-state index contributed by atoms with van der Waals surface area (Å²) >= 11 is 0. The maximum absolute atomic E-state index is 11.7. The number of rotatable bonds is 7. The Morgan fingerprint density at radius 1 is 1.45 bits per heavy atom. The van der Waals surface area contributed by atoms with Crippen molar-refractivity contribution in [1.29, 1.82) is 0 Å². The Balaban J connectivity index is 1.77. The van der Waals surface area contributed by atoms with E-state index in [0.717, 1.165) is 5.56 Å². The number of carbonyl (C=O) groups is 1. The molecule has 1 saturated carbocycles. The molecule has 0 saturated heterocycles. The first-order valence-corrected chi connectivity index (χ1v) is 6.90. The summed E-state index contributed by atoms with van der Waals surface area (Å²) in [5, 5.41) is 2.79. The molecule has 2 rings (SSSR count). The van der Waals surface area contributed by atoms with Crippen molar-refractivity contribution in [3.05, 3.63) is 23.8 Å². The van der Waals surface area contributed by atoms with Gasteiger partial charge in [-0.05, 0) is 43.4 Å². The van der Waals surface area contributed by atoms with Crippen LogP contribution < -0.4 is 20.5 Å². The smallest absolute Gasteiger partial charge is 0.257 e. The van der Waals surface area contributed by atoms with Crippen LogP contribution in [0.15, 0.2) is 18.2 Å². The monoisotopic (exact) mass is 278 g/mol. The zero-order chi connectivity index (χ0) is 14.5. The van der Waals surface area contributed by atoms with Crippen LogP contribution in [0.1, 0.15) is 18.4 Å². The second-order valence-corrected chi connectivity index (χ2v) is 5.25. The number of methoxy groups -OCH3 is 1. The molecule has 5 heteroatoms. The highest BCUT2D eigenvalue weighted by molar-refractivity contribution is 5.77. The van der Waals surface area contributed by atoms with Gasteiger partial charge >= 0.3 is 0 Å². The van der Waals surface area contributed by atoms with Crippen molar-refractivity contribution in [3.8, 4) is 11.5 Å². The van der Waals surface area contributed by atoms with Gasteiger partial charge in [0.2, 0.25) is 0 Å². The van der Waals surface area contributed by atoms with Gasteiger partial charge in [0.1, 0.15) is 0 Å². The average molecular weight is 278 g/mol. The van der Waals surface area contributed by atoms with Gasteiger partial charge in [0.05, 0.1) is 7.11 Å². The summed E-state index contributed by atoms with van der Waals surface area (Å²) in [5.41, 5.74) is 7.00. The van der Waals surface area contributed by atoms with Crippen molar-refractivity contribution < 1.29 is 14.3 Å². The van der Waals surface area contributed by atoms with Gasteiger partial charge in [-0.3, -0.25) is 4.79 Å². The third-order valence-corrected chi connectivity index (χ3v) is 3.44. The van der Waals surface area contributed by atoms with E-state index in [1.54, 1.807) is 13.2 Å². The van der Waals surface area contributed by atoms with Crippen molar-refractivity contribution in [2.45, 2.75) is 25.8 Å². The molecule has 1 aliphatic rings. The van der Waals surface area contributed by atoms with E-state index in [1.165, 1.54) is 12.8 Å². The molecule has 1 fully saturated rings. The summed E-state index contributed by atoms with van der Waals surface area (Å²) < 4.78 is 10.7. The largest absolute Gasteiger partial charge is 0.493 e. The van der Waals surface area contributed by atoms with Gasteiger partial charge in [0, 0.05) is 12.6 Å². The van der Waals surface area contributed by atoms with E-state index < -0.39 is 0 Å². The van der Waals surface area contributed by atoms with Crippen molar-refractivity contribution in [2.24, 2.45) is 11.7 Å². The molecule has 0 heterocycles. The zero-order valence-electron chi connectivity index (χ0n) is 12.0. The molecular formula is C15H22N2O3. The van der Waals surface area contributed by atoms with Crippen LogP contribution in [0.4, 0.5) is 0 Å². The van der Waals surface area contributed by atoms with Crippen LogP contribution in [0.2, 0.25) is 0 Å². The van der Waals surface area contributed by atoms with Crippen LogP contribution in [-0.4, -0.2) is 32.2 Å². The van der Waals surface area contributed by atoms with Crippen molar-refractivity contribution in [3.63, 3.8) is 0 Å². The molecule has 110 valence electrons. The molecule has 0 aliphatic heterocycles. The lowest BCUT2D eigenvalue weighted by Gasteiger charge is -2.13. The van der Waals surface area contributed by atoms with Gasteiger partial charge in [0.15, 0.2) is 18.1 Å². The Morgan fingerprint density at radius 3 is 2.85 bits per heavy atom. The zero-order valence-corrected chi connectivity index (χ0v) is 12.0. The molecule has 5 nitrogen and oxygen atoms in total. The van der Waals surface area contributed by atoms with Gasteiger partial charge < -0.3 is 20.5 Å². The molecule has 0 bridgehead atoms. The Kier molecular flexibility index (Phi) is 4.84. The van der Waals surface area contributed by atoms with Gasteiger partial charge in [-0.25, -0.2) is 0 Å². The highest BCUT2D eigenvalue weighted by Crippen LogP contribution is 2.31. The Hall–Kier alpha value is -1.75. The molecule has 0 spiro atoms. The van der Waals surface area contributed by atoms with Crippen LogP contribution in [0, 0.1) is 12.8 Å². The molecule has 1 atom stereocenters. The molecule has 20 heavy (non-hydrogen) atoms. The number of nitrogens with one attached hydrogen (secondary N) is 1. The lowest BCUT2D eigenvalue weighted by molar-refractivity contribution is -0.123. The fourth-order valence-electron chi connectivity index (χ4n) is 2.01. The van der Waals surface area contributed by atoms with Crippen molar-refractivity contribution >= 4 is 5.91 Å². The maximum Gasteiger partial charge on any atom is 0.257 e. The predicted molar refractivity (Wildman–Crippen MR) is 76.9 cm³/mol. The number of amides is 1. The number of benzene rings is 1. The van der Waals surface area contributed by atoms with Crippen LogP contribution in [0.3, 0.4) is 0 Å². The summed E-state index contributed by atoms with van der Waals surface area (Å²) in [5.74, 6) is 1.62. The molecule has 1 aromatic rings. The first-order valence-electron chi connectivity index (χ1n) is 6.90. The fraction of sp³-hybridized carbons (Fsp3) is 0.533. The standard InChI is InChI=1S/C15H22N2O3/c1-10-3-6-13(14(7-10)19-2)20-9-15(18)17-8-12(16)11-4-5-11/h3,6-7,11-12H,4-5,8-9,16H2,1-2H3,(H,17,18). The van der Waals surface area contributed by atoms with Gasteiger partial charge in [0.25, 0.3) is 5.91 Å². The Bertz CT molecular complexity index is 472. The summed E-state index contributed by atoms with van der Waals surface area (Å²) in [6.07, 6.45) is 2.35. The van der Waals surface area contributed by atoms with E-state index in [2.05, 4.69) is 5.32 Å². The summed E-state index contributed by atoms with van der Waals surface area (Å²) in [6, 6.07) is 5.65. The topological polar surface area (TPSA) is 73.6 Å². The van der Waals surface area contributed by atoms with E-state index in [-0.39, 0.29) is 18.6 Å². The summed E-state index contributed by atoms with van der Waals surface area (Å²) in [4.78, 5) is 11.7. The normalized spacial score (nSPS) is 15.6. The highest BCUT2D eigenvalue weighted by Gasteiger charge is 2.28. The minimum absolute atomic E-state index is 0.0309. The van der Waals surface area contributed by atoms with E-state index in [4.69, 9.17) is 15.2 Å². The summed E-state index contributed by atoms with van der Waals surface area (Å²) in [7, 11) is 1.58. The lowest BCUT2D eigenvalue weighted by atomic mass is 10.2. The predicted octanol–water partition coefficient (Wildman–Crippen LogP) is 1.24. The SMILES string of the molecule is COc1cc(C)ccc1OCC(=O)NCC(N)C1CC1. The first-order chi connectivity index (χ1) is 9.60. The third kappa shape index (κ3) is 4.13. The third-order valence-electron chi connectivity index (χ3n) is 3.44. The number of hydrogen-bond donors (Lipinski definition) is 2. The molecule has 3 N–H and O–H groups in total. The second kappa shape index (κ2) is 6.61. The van der Waals surface area contributed by atoms with E-state index in [9.17, 15) is 4.79 Å². The summed E-state index contributed by atoms with van der Waals surface area (Å²) in [6.45, 7) is 2.45. The molecular weight excluding hydrogens is 256 g/mol. The Morgan fingerprint density at radius 2 is 2.20 bits per heavy atom. The molecule has 1 amide bonds. The van der Waals surface area contributed by atoms with Crippen LogP contribution in [0.5, 0.6) is 11.5 Å². The second-order valence-electron chi connectivity index (χ2n) is 5.25. The first kappa shape index (κ1) is 14.7. The molecule has 1 aromatic carbocycles. The number of ether oxygens (including phenoxy) is 2. The molecule has 0 aromatic heterocycles. The number of carbonyl (C=O) groups excluding carboxylic acids is 1. The van der Waals surface area contributed by atoms with Crippen LogP contribution in [-0.2, 0) is 4.79 Å². The van der Waals surface area contributed by atoms with Gasteiger partial charge in [-0.1, -0.05) is 6.07 Å². The maximum atomic E-state index is 11.7. The minimum atomic E-state index is -0.163. The molecule has 1 unspecified atom stereocenters.